The number of nitrogen functional groups attached to an aromatic ring is 1. The van der Waals surface area contributed by atoms with Gasteiger partial charge in [-0.1, -0.05) is 23.8 Å². The molecule has 0 radical (unpaired) electrons. The molecule has 34 heavy (non-hydrogen) atoms. The van der Waals surface area contributed by atoms with Crippen LogP contribution in [0.4, 0.5) is 25.4 Å². The second kappa shape index (κ2) is 10.3. The Morgan fingerprint density at radius 2 is 1.85 bits per heavy atom. The van der Waals surface area contributed by atoms with Crippen LogP contribution >= 0.6 is 11.3 Å². The molecule has 1 aliphatic heterocycles. The van der Waals surface area contributed by atoms with Crippen molar-refractivity contribution < 1.29 is 18.4 Å². The lowest BCUT2D eigenvalue weighted by molar-refractivity contribution is 0.0927. The van der Waals surface area contributed by atoms with E-state index in [4.69, 9.17) is 5.73 Å². The first-order chi connectivity index (χ1) is 16.3. The minimum Gasteiger partial charge on any atom is -0.382 e. The summed E-state index contributed by atoms with van der Waals surface area (Å²) in [6.45, 7) is 2.96. The van der Waals surface area contributed by atoms with Crippen LogP contribution in [0.5, 0.6) is 0 Å². The molecule has 0 spiro atoms. The Morgan fingerprint density at radius 1 is 1.15 bits per heavy atom. The molecule has 1 aliphatic rings. The van der Waals surface area contributed by atoms with Gasteiger partial charge in [-0.3, -0.25) is 9.59 Å². The fourth-order valence-corrected chi connectivity index (χ4v) is 4.75. The van der Waals surface area contributed by atoms with Gasteiger partial charge in [-0.25, -0.2) is 13.8 Å². The first-order valence-corrected chi connectivity index (χ1v) is 11.8. The topological polar surface area (TPSA) is 109 Å². The van der Waals surface area contributed by atoms with E-state index in [9.17, 15) is 18.4 Å². The Morgan fingerprint density at radius 3 is 2.50 bits per heavy atom. The number of carbonyl (C=O) groups excluding carboxylic acids is 2. The van der Waals surface area contributed by atoms with E-state index in [1.165, 1.54) is 6.07 Å². The minimum atomic E-state index is -0.963. The lowest BCUT2D eigenvalue weighted by Crippen LogP contribution is -2.50. The monoisotopic (exact) mass is 485 g/mol. The van der Waals surface area contributed by atoms with Crippen LogP contribution in [0.15, 0.2) is 42.5 Å². The van der Waals surface area contributed by atoms with E-state index in [0.29, 0.717) is 11.3 Å². The maximum absolute atomic E-state index is 14.0. The molecule has 10 heteroatoms. The van der Waals surface area contributed by atoms with Gasteiger partial charge in [0.25, 0.3) is 5.91 Å². The van der Waals surface area contributed by atoms with Gasteiger partial charge in [-0.15, -0.1) is 0 Å². The van der Waals surface area contributed by atoms with Gasteiger partial charge in [0.2, 0.25) is 5.78 Å². The molecule has 0 saturated carbocycles. The lowest BCUT2D eigenvalue weighted by atomic mass is 9.99. The number of hydrogen-bond acceptors (Lipinski definition) is 7. The Hall–Kier alpha value is -3.37. The summed E-state index contributed by atoms with van der Waals surface area (Å²) in [5.41, 5.74) is 6.30. The predicted molar refractivity (Wildman–Crippen MR) is 129 cm³/mol. The number of rotatable bonds is 7. The summed E-state index contributed by atoms with van der Waals surface area (Å²) < 4.78 is 28.0. The van der Waals surface area contributed by atoms with Gasteiger partial charge in [0.15, 0.2) is 5.13 Å². The van der Waals surface area contributed by atoms with E-state index in [1.54, 1.807) is 24.3 Å². The average Bonchev–Trinajstić information content (AvgIpc) is 3.19. The number of nitrogens with two attached hydrogens (primary N) is 1. The highest BCUT2D eigenvalue weighted by Gasteiger charge is 2.24. The molecule has 5 N–H and O–H groups in total. The van der Waals surface area contributed by atoms with Gasteiger partial charge in [0.05, 0.1) is 5.56 Å². The van der Waals surface area contributed by atoms with E-state index in [1.807, 2.05) is 6.92 Å². The zero-order chi connectivity index (χ0) is 24.2. The summed E-state index contributed by atoms with van der Waals surface area (Å²) in [5, 5.41) is 9.76. The third-order valence-corrected chi connectivity index (χ3v) is 6.74. The van der Waals surface area contributed by atoms with Crippen molar-refractivity contribution in [1.29, 1.82) is 0 Å². The average molecular weight is 486 g/mol. The van der Waals surface area contributed by atoms with Gasteiger partial charge in [-0.2, -0.15) is 0 Å². The largest absolute Gasteiger partial charge is 0.382 e. The Bertz CT molecular complexity index is 1170. The smallest absolute Gasteiger partial charge is 0.251 e. The normalized spacial score (nSPS) is 16.6. The molecule has 1 saturated heterocycles. The summed E-state index contributed by atoms with van der Waals surface area (Å²) in [4.78, 5) is 29.3. The van der Waals surface area contributed by atoms with Crippen molar-refractivity contribution in [3.05, 3.63) is 70.1 Å². The van der Waals surface area contributed by atoms with Crippen LogP contribution in [0.3, 0.4) is 0 Å². The third-order valence-electron chi connectivity index (χ3n) is 5.76. The van der Waals surface area contributed by atoms with Crippen LogP contribution in [0, 0.1) is 11.6 Å². The number of nitrogens with one attached hydrogen (secondary N) is 3. The third kappa shape index (κ3) is 5.23. The number of carbonyl (C=O) groups is 2. The predicted octanol–water partition coefficient (Wildman–Crippen LogP) is 4.24. The van der Waals surface area contributed by atoms with Crippen LogP contribution in [0.2, 0.25) is 0 Å². The van der Waals surface area contributed by atoms with E-state index >= 15 is 0 Å². The van der Waals surface area contributed by atoms with Gasteiger partial charge in [-0.05, 0) is 62.7 Å². The minimum absolute atomic E-state index is 0.0131. The summed E-state index contributed by atoms with van der Waals surface area (Å²) >= 11 is 0.893. The second-order valence-corrected chi connectivity index (χ2v) is 9.18. The number of halogens is 2. The van der Waals surface area contributed by atoms with Crippen LogP contribution in [-0.2, 0) is 0 Å². The molecule has 2 heterocycles. The maximum atomic E-state index is 14.0. The Balaban J connectivity index is 1.42. The van der Waals surface area contributed by atoms with Crippen molar-refractivity contribution in [1.82, 2.24) is 15.6 Å². The molecule has 1 aromatic heterocycles. The number of amides is 1. The van der Waals surface area contributed by atoms with E-state index < -0.39 is 23.0 Å². The van der Waals surface area contributed by atoms with Crippen LogP contribution in [-0.4, -0.2) is 35.3 Å². The van der Waals surface area contributed by atoms with Crippen LogP contribution in [0.25, 0.3) is 0 Å². The summed E-state index contributed by atoms with van der Waals surface area (Å²) in [6.07, 6.45) is 3.35. The number of anilines is 3. The van der Waals surface area contributed by atoms with Crippen molar-refractivity contribution in [3.8, 4) is 0 Å². The number of nitrogens with zero attached hydrogens (tertiary/aromatic N) is 1. The summed E-state index contributed by atoms with van der Waals surface area (Å²) in [7, 11) is 0. The molecule has 4 rings (SSSR count). The maximum Gasteiger partial charge on any atom is 0.251 e. The van der Waals surface area contributed by atoms with Crippen LogP contribution in [0.1, 0.15) is 51.8 Å². The summed E-state index contributed by atoms with van der Waals surface area (Å²) in [5.74, 6) is -3.08. The quantitative estimate of drug-likeness (QED) is 0.373. The fraction of sp³-hybridized carbons (Fsp3) is 0.292. The molecule has 178 valence electrons. The highest BCUT2D eigenvalue weighted by molar-refractivity contribution is 7.18. The molecule has 1 amide bonds. The van der Waals surface area contributed by atoms with E-state index in [-0.39, 0.29) is 33.8 Å². The van der Waals surface area contributed by atoms with Crippen molar-refractivity contribution in [2.45, 2.75) is 38.3 Å². The molecule has 0 bridgehead atoms. The molecular weight excluding hydrogens is 460 g/mol. The second-order valence-electron chi connectivity index (χ2n) is 8.18. The highest BCUT2D eigenvalue weighted by Crippen LogP contribution is 2.31. The Labute approximate surface area is 199 Å². The molecule has 1 fully saturated rings. The molecule has 3 aromatic rings. The van der Waals surface area contributed by atoms with Crippen molar-refractivity contribution in [2.24, 2.45) is 0 Å². The first-order valence-electron chi connectivity index (χ1n) is 11.0. The van der Waals surface area contributed by atoms with Gasteiger partial charge < -0.3 is 21.7 Å². The lowest BCUT2D eigenvalue weighted by Gasteiger charge is -2.29. The molecular formula is C24H25F2N5O2S. The standard InChI is InChI=1S/C24H25F2N5O2S/c1-13(18-7-2-3-12-28-18)29-23(33)14-8-10-15(11-9-14)30-24-31-22(27)21(34-24)20(32)19-16(25)5-4-6-17(19)26/h4-6,8-11,13,18,28H,2-3,7,12,27H2,1H3,(H,29,33)(H,30,31)/t13?,18-/m0/s1. The number of benzene rings is 2. The Kier molecular flexibility index (Phi) is 7.18. The van der Waals surface area contributed by atoms with Gasteiger partial charge in [0, 0.05) is 23.3 Å². The van der Waals surface area contributed by atoms with E-state index in [0.717, 1.165) is 49.3 Å². The van der Waals surface area contributed by atoms with Crippen molar-refractivity contribution in [2.75, 3.05) is 17.6 Å². The number of hydrogen-bond donors (Lipinski definition) is 4. The molecule has 1 unspecified atom stereocenters. The molecule has 2 aromatic carbocycles. The number of ketones is 1. The zero-order valence-electron chi connectivity index (χ0n) is 18.5. The van der Waals surface area contributed by atoms with Crippen LogP contribution < -0.4 is 21.7 Å². The van der Waals surface area contributed by atoms with E-state index in [2.05, 4.69) is 20.9 Å². The SMILES string of the molecule is CC(NC(=O)c1ccc(Nc2nc(N)c(C(=O)c3c(F)cccc3F)s2)cc1)[C@@H]1CCCCN1. The highest BCUT2D eigenvalue weighted by atomic mass is 32.1. The fourth-order valence-electron chi connectivity index (χ4n) is 3.90. The van der Waals surface area contributed by atoms with Crippen molar-refractivity contribution >= 4 is 39.7 Å². The van der Waals surface area contributed by atoms with Gasteiger partial charge >= 0.3 is 0 Å². The number of aromatic nitrogens is 1. The number of thiazole rings is 1. The molecule has 2 atom stereocenters. The molecule has 7 nitrogen and oxygen atoms in total. The first kappa shape index (κ1) is 23.8. The molecule has 0 aliphatic carbocycles. The zero-order valence-corrected chi connectivity index (χ0v) is 19.3. The van der Waals surface area contributed by atoms with Crippen molar-refractivity contribution in [3.63, 3.8) is 0 Å². The number of piperidine rings is 1. The van der Waals surface area contributed by atoms with Gasteiger partial charge in [0.1, 0.15) is 22.3 Å². The summed E-state index contributed by atoms with van der Waals surface area (Å²) in [6, 6.07) is 10.2.